The molecule has 0 aliphatic carbocycles. The van der Waals surface area contributed by atoms with Crippen LogP contribution < -0.4 is 4.80 Å². The Morgan fingerprint density at radius 1 is 1.08 bits per heavy atom. The number of aryl methyl sites for hydroxylation is 1. The highest BCUT2D eigenvalue weighted by Crippen LogP contribution is 2.27. The van der Waals surface area contributed by atoms with Crippen molar-refractivity contribution in [2.45, 2.75) is 26.8 Å². The summed E-state index contributed by atoms with van der Waals surface area (Å²) in [6.07, 6.45) is 1.53. The van der Waals surface area contributed by atoms with Gasteiger partial charge in [-0.15, -0.1) is 11.3 Å². The second-order valence-electron chi connectivity index (χ2n) is 6.26. The van der Waals surface area contributed by atoms with Gasteiger partial charge in [0.05, 0.1) is 11.9 Å². The topological polar surface area (TPSA) is 70.1 Å². The van der Waals surface area contributed by atoms with E-state index >= 15 is 0 Å². The molecule has 0 amide bonds. The number of hydrogen-bond acceptors (Lipinski definition) is 5. The molecule has 0 saturated carbocycles. The lowest BCUT2D eigenvalue weighted by Gasteiger charge is -2.05. The first-order chi connectivity index (χ1) is 12.5. The van der Waals surface area contributed by atoms with Crippen LogP contribution in [-0.2, 0) is 0 Å². The average molecular weight is 367 g/mol. The molecule has 0 aliphatic rings. The fraction of sp³-hybridized carbons (Fsp3) is 0.200. The predicted octanol–water partition coefficient (Wildman–Crippen LogP) is 4.13. The zero-order chi connectivity index (χ0) is 18.7. The predicted molar refractivity (Wildman–Crippen MR) is 106 cm³/mol. The van der Waals surface area contributed by atoms with Crippen LogP contribution in [0.4, 0.5) is 0 Å². The highest BCUT2D eigenvalue weighted by molar-refractivity contribution is 7.07. The van der Waals surface area contributed by atoms with E-state index in [1.54, 1.807) is 16.8 Å². The maximum atomic E-state index is 9.99. The molecule has 0 spiro atoms. The van der Waals surface area contributed by atoms with E-state index < -0.39 is 0 Å². The van der Waals surface area contributed by atoms with Gasteiger partial charge < -0.3 is 10.2 Å². The van der Waals surface area contributed by atoms with Gasteiger partial charge in [-0.05, 0) is 32.9 Å². The molecule has 0 atom stereocenters. The van der Waals surface area contributed by atoms with Gasteiger partial charge in [0.2, 0.25) is 4.80 Å². The van der Waals surface area contributed by atoms with E-state index in [-0.39, 0.29) is 17.5 Å². The molecule has 0 saturated heterocycles. The van der Waals surface area contributed by atoms with E-state index in [2.05, 4.69) is 22.2 Å². The fourth-order valence-electron chi connectivity index (χ4n) is 2.42. The Balaban J connectivity index is 2.11. The lowest BCUT2D eigenvalue weighted by molar-refractivity contribution is 0.403. The zero-order valence-electron chi connectivity index (χ0n) is 14.9. The molecular formula is C20H21N3O2S. The molecule has 0 aliphatic heterocycles. The van der Waals surface area contributed by atoms with E-state index in [9.17, 15) is 10.2 Å². The number of phenols is 2. The Bertz CT molecular complexity index is 999. The van der Waals surface area contributed by atoms with Crippen molar-refractivity contribution < 1.29 is 10.2 Å². The monoisotopic (exact) mass is 367 g/mol. The normalized spacial score (nSPS) is 12.4. The summed E-state index contributed by atoms with van der Waals surface area (Å²) in [7, 11) is 0. The zero-order valence-corrected chi connectivity index (χ0v) is 15.7. The lowest BCUT2D eigenvalue weighted by Crippen LogP contribution is -2.14. The Kier molecular flexibility index (Phi) is 5.23. The number of rotatable bonds is 4. The van der Waals surface area contributed by atoms with E-state index in [1.807, 2.05) is 38.3 Å². The molecule has 134 valence electrons. The maximum Gasteiger partial charge on any atom is 0.206 e. The standard InChI is InChI=1S/C20H21N3O2S/c1-13(2)22-20-23(21-11-16-5-4-6-18(24)19(16)25)17(12-26-20)15-9-7-14(3)8-10-15/h4-13,24-25H,1-3H3. The molecule has 3 rings (SSSR count). The van der Waals surface area contributed by atoms with Crippen molar-refractivity contribution in [3.05, 3.63) is 63.8 Å². The van der Waals surface area contributed by atoms with Gasteiger partial charge in [-0.2, -0.15) is 5.10 Å². The van der Waals surface area contributed by atoms with Gasteiger partial charge in [-0.25, -0.2) is 4.68 Å². The largest absolute Gasteiger partial charge is 0.504 e. The highest BCUT2D eigenvalue weighted by Gasteiger charge is 2.09. The summed E-state index contributed by atoms with van der Waals surface area (Å²) in [4.78, 5) is 5.40. The van der Waals surface area contributed by atoms with Crippen molar-refractivity contribution in [3.8, 4) is 22.8 Å². The summed E-state index contributed by atoms with van der Waals surface area (Å²) in [5, 5.41) is 26.2. The summed E-state index contributed by atoms with van der Waals surface area (Å²) in [5.41, 5.74) is 3.59. The molecule has 2 N–H and O–H groups in total. The number of aromatic hydroxyl groups is 2. The Morgan fingerprint density at radius 2 is 1.81 bits per heavy atom. The van der Waals surface area contributed by atoms with Crippen LogP contribution in [0.2, 0.25) is 0 Å². The number of aromatic nitrogens is 1. The Hall–Kier alpha value is -2.86. The molecule has 6 heteroatoms. The van der Waals surface area contributed by atoms with Crippen molar-refractivity contribution in [1.82, 2.24) is 4.68 Å². The van der Waals surface area contributed by atoms with Crippen molar-refractivity contribution in [3.63, 3.8) is 0 Å². The quantitative estimate of drug-likeness (QED) is 0.538. The van der Waals surface area contributed by atoms with Gasteiger partial charge in [0.25, 0.3) is 0 Å². The third kappa shape index (κ3) is 3.86. The van der Waals surface area contributed by atoms with Crippen LogP contribution >= 0.6 is 11.3 Å². The molecule has 0 unspecified atom stereocenters. The summed E-state index contributed by atoms with van der Waals surface area (Å²) in [5.74, 6) is -0.360. The Labute approximate surface area is 156 Å². The van der Waals surface area contributed by atoms with Crippen molar-refractivity contribution >= 4 is 17.6 Å². The minimum atomic E-state index is -0.189. The minimum absolute atomic E-state index is 0.134. The third-order valence-electron chi connectivity index (χ3n) is 3.76. The number of para-hydroxylation sites is 1. The van der Waals surface area contributed by atoms with Gasteiger partial charge in [0.15, 0.2) is 11.5 Å². The van der Waals surface area contributed by atoms with Crippen molar-refractivity contribution in [2.24, 2.45) is 10.1 Å². The first-order valence-electron chi connectivity index (χ1n) is 8.32. The van der Waals surface area contributed by atoms with Crippen LogP contribution in [0.25, 0.3) is 11.3 Å². The van der Waals surface area contributed by atoms with Crippen molar-refractivity contribution in [1.29, 1.82) is 0 Å². The van der Waals surface area contributed by atoms with Gasteiger partial charge >= 0.3 is 0 Å². The molecule has 2 aromatic carbocycles. The van der Waals surface area contributed by atoms with Gasteiger partial charge in [-0.1, -0.05) is 35.9 Å². The van der Waals surface area contributed by atoms with E-state index in [1.165, 1.54) is 29.2 Å². The first-order valence-corrected chi connectivity index (χ1v) is 9.20. The van der Waals surface area contributed by atoms with Crippen LogP contribution in [0, 0.1) is 6.92 Å². The fourth-order valence-corrected chi connectivity index (χ4v) is 3.39. The lowest BCUT2D eigenvalue weighted by atomic mass is 10.1. The van der Waals surface area contributed by atoms with Crippen LogP contribution in [-0.4, -0.2) is 27.1 Å². The van der Waals surface area contributed by atoms with Gasteiger partial charge in [-0.3, -0.25) is 4.99 Å². The molecule has 26 heavy (non-hydrogen) atoms. The van der Waals surface area contributed by atoms with Crippen LogP contribution in [0.3, 0.4) is 0 Å². The summed E-state index contributed by atoms with van der Waals surface area (Å²) in [6.45, 7) is 6.08. The number of thiazole rings is 1. The van der Waals surface area contributed by atoms with Gasteiger partial charge in [0, 0.05) is 22.5 Å². The highest BCUT2D eigenvalue weighted by atomic mass is 32.1. The van der Waals surface area contributed by atoms with E-state index in [0.29, 0.717) is 5.56 Å². The second kappa shape index (κ2) is 7.58. The number of benzene rings is 2. The van der Waals surface area contributed by atoms with Crippen molar-refractivity contribution in [2.75, 3.05) is 0 Å². The van der Waals surface area contributed by atoms with Gasteiger partial charge in [0.1, 0.15) is 0 Å². The third-order valence-corrected chi connectivity index (χ3v) is 4.59. The summed E-state index contributed by atoms with van der Waals surface area (Å²) in [6, 6.07) is 13.1. The molecule has 1 aromatic heterocycles. The van der Waals surface area contributed by atoms with Crippen LogP contribution in [0.1, 0.15) is 25.0 Å². The second-order valence-corrected chi connectivity index (χ2v) is 7.10. The first kappa shape index (κ1) is 17.9. The summed E-state index contributed by atoms with van der Waals surface area (Å²) < 4.78 is 1.76. The van der Waals surface area contributed by atoms with Crippen LogP contribution in [0.5, 0.6) is 11.5 Å². The molecule has 1 heterocycles. The number of nitrogens with zero attached hydrogens (tertiary/aromatic N) is 3. The van der Waals surface area contributed by atoms with E-state index in [0.717, 1.165) is 16.1 Å². The molecular weight excluding hydrogens is 346 g/mol. The van der Waals surface area contributed by atoms with E-state index in [4.69, 9.17) is 0 Å². The number of phenolic OH excluding ortho intramolecular Hbond substituents is 2. The SMILES string of the molecule is Cc1ccc(-c2csc(=NC(C)C)n2N=Cc2cccc(O)c2O)cc1. The number of hydrogen-bond donors (Lipinski definition) is 2. The molecule has 0 fully saturated rings. The average Bonchev–Trinajstić information content (AvgIpc) is 2.99. The molecule has 0 bridgehead atoms. The minimum Gasteiger partial charge on any atom is -0.504 e. The molecule has 5 nitrogen and oxygen atoms in total. The molecule has 3 aromatic rings. The smallest absolute Gasteiger partial charge is 0.206 e. The summed E-state index contributed by atoms with van der Waals surface area (Å²) >= 11 is 1.52. The molecule has 0 radical (unpaired) electrons. The van der Waals surface area contributed by atoms with Crippen LogP contribution in [0.15, 0.2) is 57.9 Å². The Morgan fingerprint density at radius 3 is 2.50 bits per heavy atom. The maximum absolute atomic E-state index is 9.99.